The van der Waals surface area contributed by atoms with Crippen LogP contribution in [-0.4, -0.2) is 23.9 Å². The quantitative estimate of drug-likeness (QED) is 0.898. The molecule has 0 aromatic heterocycles. The zero-order chi connectivity index (χ0) is 13.3. The predicted molar refractivity (Wildman–Crippen MR) is 67.1 cm³/mol. The summed E-state index contributed by atoms with van der Waals surface area (Å²) in [6.07, 6.45) is 0. The molecule has 0 saturated heterocycles. The van der Waals surface area contributed by atoms with Crippen LogP contribution < -0.4 is 5.73 Å². The van der Waals surface area contributed by atoms with E-state index < -0.39 is 11.6 Å². The summed E-state index contributed by atoms with van der Waals surface area (Å²) in [6, 6.07) is 3.39. The summed E-state index contributed by atoms with van der Waals surface area (Å²) >= 11 is 0. The lowest BCUT2D eigenvalue weighted by molar-refractivity contribution is 0.308. The number of rotatable bonds is 3. The van der Waals surface area contributed by atoms with Crippen LogP contribution in [0.5, 0.6) is 0 Å². The number of benzene rings is 1. The summed E-state index contributed by atoms with van der Waals surface area (Å²) in [5, 5.41) is 0. The fraction of sp³-hybridized carbons (Fsp3) is 0.462. The van der Waals surface area contributed by atoms with Crippen LogP contribution in [0.2, 0.25) is 0 Å². The van der Waals surface area contributed by atoms with Gasteiger partial charge >= 0.3 is 0 Å². The van der Waals surface area contributed by atoms with Gasteiger partial charge in [0.15, 0.2) is 5.96 Å². The molecule has 5 heteroatoms. The van der Waals surface area contributed by atoms with Gasteiger partial charge in [0.05, 0.1) is 12.6 Å². The Bertz CT molecular complexity index is 451. The van der Waals surface area contributed by atoms with Gasteiger partial charge in [-0.25, -0.2) is 8.78 Å². The molecule has 0 bridgehead atoms. The van der Waals surface area contributed by atoms with E-state index in [1.807, 2.05) is 4.90 Å². The Morgan fingerprint density at radius 3 is 2.50 bits per heavy atom. The number of hydrogen-bond donors (Lipinski definition) is 1. The number of aliphatic imine (C=N–C) groups is 1. The van der Waals surface area contributed by atoms with Crippen LogP contribution in [0.15, 0.2) is 23.2 Å². The van der Waals surface area contributed by atoms with E-state index >= 15 is 0 Å². The largest absolute Gasteiger partial charge is 0.370 e. The topological polar surface area (TPSA) is 41.6 Å². The van der Waals surface area contributed by atoms with Gasteiger partial charge < -0.3 is 10.6 Å². The standard InChI is InChI=1S/C13H17F2N3/c1-8(2)7-18-12(6-17-13(18)16)9-3-10(14)5-11(15)4-9/h3-5,8,12H,6-7H2,1-2H3,(H2,16,17). The molecule has 0 aliphatic carbocycles. The average molecular weight is 253 g/mol. The molecule has 1 aliphatic heterocycles. The van der Waals surface area contributed by atoms with Gasteiger partial charge in [0, 0.05) is 12.6 Å². The molecule has 18 heavy (non-hydrogen) atoms. The van der Waals surface area contributed by atoms with E-state index in [4.69, 9.17) is 5.73 Å². The van der Waals surface area contributed by atoms with Crippen LogP contribution >= 0.6 is 0 Å². The fourth-order valence-electron chi connectivity index (χ4n) is 2.20. The Morgan fingerprint density at radius 2 is 1.94 bits per heavy atom. The maximum absolute atomic E-state index is 13.2. The first-order valence-corrected chi connectivity index (χ1v) is 6.00. The zero-order valence-corrected chi connectivity index (χ0v) is 10.5. The van der Waals surface area contributed by atoms with E-state index in [-0.39, 0.29) is 6.04 Å². The maximum atomic E-state index is 13.2. The molecule has 98 valence electrons. The molecule has 2 rings (SSSR count). The Hall–Kier alpha value is -1.65. The second-order valence-corrected chi connectivity index (χ2v) is 4.96. The Morgan fingerprint density at radius 1 is 1.33 bits per heavy atom. The van der Waals surface area contributed by atoms with Gasteiger partial charge in [0.2, 0.25) is 0 Å². The number of hydrogen-bond acceptors (Lipinski definition) is 3. The molecule has 3 nitrogen and oxygen atoms in total. The third-order valence-electron chi connectivity index (χ3n) is 2.93. The van der Waals surface area contributed by atoms with Gasteiger partial charge in [-0.05, 0) is 23.6 Å². The van der Waals surface area contributed by atoms with Gasteiger partial charge in [-0.15, -0.1) is 0 Å². The predicted octanol–water partition coefficient (Wildman–Crippen LogP) is 2.29. The molecule has 1 aliphatic rings. The second kappa shape index (κ2) is 4.92. The minimum absolute atomic E-state index is 0.169. The third kappa shape index (κ3) is 2.60. The number of halogens is 2. The average Bonchev–Trinajstić information content (AvgIpc) is 2.58. The van der Waals surface area contributed by atoms with E-state index in [0.717, 1.165) is 12.6 Å². The number of nitrogens with zero attached hydrogens (tertiary/aromatic N) is 2. The van der Waals surface area contributed by atoms with Crippen LogP contribution in [0.25, 0.3) is 0 Å². The normalized spacial score (nSPS) is 19.5. The molecule has 1 atom stereocenters. The van der Waals surface area contributed by atoms with Crippen molar-refractivity contribution in [3.63, 3.8) is 0 Å². The van der Waals surface area contributed by atoms with Crippen LogP contribution in [0, 0.1) is 17.6 Å². The van der Waals surface area contributed by atoms with Crippen molar-refractivity contribution in [3.8, 4) is 0 Å². The van der Waals surface area contributed by atoms with Crippen molar-refractivity contribution < 1.29 is 8.78 Å². The minimum Gasteiger partial charge on any atom is -0.370 e. The van der Waals surface area contributed by atoms with Crippen molar-refractivity contribution in [1.82, 2.24) is 4.90 Å². The highest BCUT2D eigenvalue weighted by atomic mass is 19.1. The van der Waals surface area contributed by atoms with Gasteiger partial charge in [0.1, 0.15) is 11.6 Å². The first-order chi connectivity index (χ1) is 8.47. The van der Waals surface area contributed by atoms with Gasteiger partial charge in [-0.1, -0.05) is 13.8 Å². The lowest BCUT2D eigenvalue weighted by atomic mass is 10.0. The summed E-state index contributed by atoms with van der Waals surface area (Å²) in [6.45, 7) is 5.29. The van der Waals surface area contributed by atoms with E-state index in [2.05, 4.69) is 18.8 Å². The van der Waals surface area contributed by atoms with Crippen LogP contribution in [0.3, 0.4) is 0 Å². The molecule has 1 heterocycles. The third-order valence-corrected chi connectivity index (χ3v) is 2.93. The second-order valence-electron chi connectivity index (χ2n) is 4.96. The molecule has 0 radical (unpaired) electrons. The monoisotopic (exact) mass is 253 g/mol. The first kappa shape index (κ1) is 12.8. The van der Waals surface area contributed by atoms with Gasteiger partial charge in [-0.3, -0.25) is 4.99 Å². The molecule has 0 saturated carbocycles. The number of guanidine groups is 1. The molecule has 0 spiro atoms. The summed E-state index contributed by atoms with van der Waals surface area (Å²) in [4.78, 5) is 6.06. The maximum Gasteiger partial charge on any atom is 0.191 e. The van der Waals surface area contributed by atoms with E-state index in [1.54, 1.807) is 0 Å². The summed E-state index contributed by atoms with van der Waals surface area (Å²) in [5.41, 5.74) is 6.40. The van der Waals surface area contributed by atoms with Crippen LogP contribution in [0.4, 0.5) is 8.78 Å². The molecular weight excluding hydrogens is 236 g/mol. The Balaban J connectivity index is 2.27. The van der Waals surface area contributed by atoms with Gasteiger partial charge in [0.25, 0.3) is 0 Å². The summed E-state index contributed by atoms with van der Waals surface area (Å²) < 4.78 is 26.5. The van der Waals surface area contributed by atoms with Crippen molar-refractivity contribution in [2.45, 2.75) is 19.9 Å². The highest BCUT2D eigenvalue weighted by Gasteiger charge is 2.28. The van der Waals surface area contributed by atoms with E-state index in [9.17, 15) is 8.78 Å². The molecular formula is C13H17F2N3. The van der Waals surface area contributed by atoms with Crippen LogP contribution in [0.1, 0.15) is 25.5 Å². The molecule has 1 aromatic rings. The van der Waals surface area contributed by atoms with E-state index in [1.165, 1.54) is 12.1 Å². The summed E-state index contributed by atoms with van der Waals surface area (Å²) in [5.74, 6) is -0.295. The lowest BCUT2D eigenvalue weighted by Gasteiger charge is -2.28. The molecule has 0 amide bonds. The highest BCUT2D eigenvalue weighted by molar-refractivity contribution is 5.80. The number of nitrogens with two attached hydrogens (primary N) is 1. The molecule has 0 fully saturated rings. The SMILES string of the molecule is CC(C)CN1C(N)=NCC1c1cc(F)cc(F)c1. The minimum atomic E-state index is -0.569. The van der Waals surface area contributed by atoms with Crippen molar-refractivity contribution in [1.29, 1.82) is 0 Å². The lowest BCUT2D eigenvalue weighted by Crippen LogP contribution is -2.38. The highest BCUT2D eigenvalue weighted by Crippen LogP contribution is 2.27. The summed E-state index contributed by atoms with van der Waals surface area (Å²) in [7, 11) is 0. The fourth-order valence-corrected chi connectivity index (χ4v) is 2.20. The van der Waals surface area contributed by atoms with Gasteiger partial charge in [-0.2, -0.15) is 0 Å². The van der Waals surface area contributed by atoms with Crippen molar-refractivity contribution in [3.05, 3.63) is 35.4 Å². The van der Waals surface area contributed by atoms with Crippen LogP contribution in [-0.2, 0) is 0 Å². The molecule has 1 unspecified atom stereocenters. The smallest absolute Gasteiger partial charge is 0.191 e. The molecule has 1 aromatic carbocycles. The zero-order valence-electron chi connectivity index (χ0n) is 10.5. The Labute approximate surface area is 105 Å². The molecule has 2 N–H and O–H groups in total. The van der Waals surface area contributed by atoms with E-state index in [0.29, 0.717) is 24.0 Å². The van der Waals surface area contributed by atoms with Crippen molar-refractivity contribution in [2.75, 3.05) is 13.1 Å². The Kier molecular flexibility index (Phi) is 3.50. The van der Waals surface area contributed by atoms with Crippen molar-refractivity contribution in [2.24, 2.45) is 16.6 Å². The van der Waals surface area contributed by atoms with Crippen molar-refractivity contribution >= 4 is 5.96 Å². The first-order valence-electron chi connectivity index (χ1n) is 6.00.